The van der Waals surface area contributed by atoms with Gasteiger partial charge in [-0.1, -0.05) is 23.9 Å². The Balaban J connectivity index is 1.73. The molecule has 3 rings (SSSR count). The highest BCUT2D eigenvalue weighted by atomic mass is 32.2. The number of nitrogens with zero attached hydrogens (tertiary/aromatic N) is 2. The standard InChI is InChI=1S/C16H13N3S2/c1-20-16-19-14-7-6-13(8-15(14)21-16)18-10-12-4-2-11(9-17)3-5-12/h2-8,18H,10H2,1H3. The molecule has 1 aromatic heterocycles. The van der Waals surface area contributed by atoms with Gasteiger partial charge in [0.15, 0.2) is 4.34 Å². The van der Waals surface area contributed by atoms with E-state index in [-0.39, 0.29) is 0 Å². The smallest absolute Gasteiger partial charge is 0.150 e. The molecule has 1 heterocycles. The van der Waals surface area contributed by atoms with E-state index in [4.69, 9.17) is 5.26 Å². The maximum absolute atomic E-state index is 8.79. The second-order valence-corrected chi connectivity index (χ2v) is 6.61. The van der Waals surface area contributed by atoms with Crippen molar-refractivity contribution < 1.29 is 0 Å². The molecule has 5 heteroatoms. The van der Waals surface area contributed by atoms with E-state index in [1.165, 1.54) is 4.70 Å². The molecule has 0 saturated carbocycles. The third-order valence-corrected chi connectivity index (χ3v) is 5.13. The van der Waals surface area contributed by atoms with Gasteiger partial charge < -0.3 is 5.32 Å². The predicted octanol–water partition coefficient (Wildman–Crippen LogP) is 4.50. The Hall–Kier alpha value is -2.03. The summed E-state index contributed by atoms with van der Waals surface area (Å²) in [6.45, 7) is 0.741. The number of nitriles is 1. The first kappa shape index (κ1) is 13.9. The molecule has 0 aliphatic heterocycles. The number of nitrogens with one attached hydrogen (secondary N) is 1. The van der Waals surface area contributed by atoms with Crippen molar-refractivity contribution in [1.29, 1.82) is 5.26 Å². The maximum Gasteiger partial charge on any atom is 0.150 e. The minimum absolute atomic E-state index is 0.689. The molecule has 0 atom stereocenters. The molecular weight excluding hydrogens is 298 g/mol. The molecule has 0 aliphatic carbocycles. The van der Waals surface area contributed by atoms with Crippen LogP contribution in [0.25, 0.3) is 10.2 Å². The molecule has 3 aromatic rings. The van der Waals surface area contributed by atoms with Crippen LogP contribution in [0.15, 0.2) is 46.8 Å². The van der Waals surface area contributed by atoms with Crippen LogP contribution in [0.2, 0.25) is 0 Å². The SMILES string of the molecule is CSc1nc2ccc(NCc3ccc(C#N)cc3)cc2s1. The van der Waals surface area contributed by atoms with Crippen LogP contribution in [0.3, 0.4) is 0 Å². The van der Waals surface area contributed by atoms with Crippen LogP contribution in [-0.2, 0) is 6.54 Å². The Morgan fingerprint density at radius 3 is 2.76 bits per heavy atom. The monoisotopic (exact) mass is 311 g/mol. The van der Waals surface area contributed by atoms with Crippen molar-refractivity contribution in [3.63, 3.8) is 0 Å². The fourth-order valence-corrected chi connectivity index (χ4v) is 3.53. The van der Waals surface area contributed by atoms with Crippen LogP contribution in [-0.4, -0.2) is 11.2 Å². The Morgan fingerprint density at radius 2 is 2.05 bits per heavy atom. The minimum Gasteiger partial charge on any atom is -0.381 e. The van der Waals surface area contributed by atoms with Gasteiger partial charge in [-0.2, -0.15) is 5.26 Å². The molecule has 0 amide bonds. The molecule has 0 saturated heterocycles. The Kier molecular flexibility index (Phi) is 4.09. The lowest BCUT2D eigenvalue weighted by atomic mass is 10.1. The van der Waals surface area contributed by atoms with Gasteiger partial charge in [-0.05, 0) is 42.2 Å². The van der Waals surface area contributed by atoms with E-state index in [9.17, 15) is 0 Å². The lowest BCUT2D eigenvalue weighted by molar-refractivity contribution is 1.15. The van der Waals surface area contributed by atoms with E-state index in [1.807, 2.05) is 36.6 Å². The van der Waals surface area contributed by atoms with E-state index in [0.29, 0.717) is 5.56 Å². The van der Waals surface area contributed by atoms with Crippen LogP contribution < -0.4 is 5.32 Å². The Labute approximate surface area is 131 Å². The third kappa shape index (κ3) is 3.18. The van der Waals surface area contributed by atoms with Crippen LogP contribution in [0.4, 0.5) is 5.69 Å². The Bertz CT molecular complexity index is 800. The quantitative estimate of drug-likeness (QED) is 0.721. The molecule has 21 heavy (non-hydrogen) atoms. The maximum atomic E-state index is 8.79. The van der Waals surface area contributed by atoms with Crippen molar-refractivity contribution in [3.8, 4) is 6.07 Å². The van der Waals surface area contributed by atoms with E-state index < -0.39 is 0 Å². The molecular formula is C16H13N3S2. The number of hydrogen-bond acceptors (Lipinski definition) is 5. The van der Waals surface area contributed by atoms with Crippen molar-refractivity contribution in [1.82, 2.24) is 4.98 Å². The molecule has 1 N–H and O–H groups in total. The summed E-state index contributed by atoms with van der Waals surface area (Å²) in [5.74, 6) is 0. The zero-order valence-electron chi connectivity index (χ0n) is 11.5. The first-order chi connectivity index (χ1) is 10.3. The van der Waals surface area contributed by atoms with E-state index in [0.717, 1.165) is 27.7 Å². The van der Waals surface area contributed by atoms with Gasteiger partial charge in [-0.15, -0.1) is 11.3 Å². The van der Waals surface area contributed by atoms with E-state index in [1.54, 1.807) is 23.1 Å². The van der Waals surface area contributed by atoms with Crippen molar-refractivity contribution >= 4 is 39.0 Å². The van der Waals surface area contributed by atoms with E-state index >= 15 is 0 Å². The molecule has 0 bridgehead atoms. The average Bonchev–Trinajstić information content (AvgIpc) is 2.95. The highest BCUT2D eigenvalue weighted by molar-refractivity contribution is 8.00. The molecule has 0 spiro atoms. The number of benzene rings is 2. The summed E-state index contributed by atoms with van der Waals surface area (Å²) in [6, 6.07) is 16.0. The van der Waals surface area contributed by atoms with Crippen LogP contribution in [0.1, 0.15) is 11.1 Å². The molecule has 0 unspecified atom stereocenters. The zero-order chi connectivity index (χ0) is 14.7. The number of thioether (sulfide) groups is 1. The van der Waals surface area contributed by atoms with Crippen molar-refractivity contribution in [2.45, 2.75) is 10.9 Å². The number of rotatable bonds is 4. The van der Waals surface area contributed by atoms with Gasteiger partial charge in [0, 0.05) is 12.2 Å². The van der Waals surface area contributed by atoms with Crippen molar-refractivity contribution in [2.75, 3.05) is 11.6 Å². The first-order valence-electron chi connectivity index (χ1n) is 6.46. The molecule has 2 aromatic carbocycles. The van der Waals surface area contributed by atoms with Crippen molar-refractivity contribution in [3.05, 3.63) is 53.6 Å². The summed E-state index contributed by atoms with van der Waals surface area (Å²) in [6.07, 6.45) is 2.04. The number of aromatic nitrogens is 1. The lowest BCUT2D eigenvalue weighted by Gasteiger charge is -2.06. The first-order valence-corrected chi connectivity index (χ1v) is 8.50. The van der Waals surface area contributed by atoms with Crippen LogP contribution >= 0.6 is 23.1 Å². The molecule has 0 radical (unpaired) electrons. The number of thiazole rings is 1. The molecule has 0 fully saturated rings. The Morgan fingerprint density at radius 1 is 1.24 bits per heavy atom. The lowest BCUT2D eigenvalue weighted by Crippen LogP contribution is -1.98. The summed E-state index contributed by atoms with van der Waals surface area (Å²) in [4.78, 5) is 4.53. The van der Waals surface area contributed by atoms with Gasteiger partial charge in [0.2, 0.25) is 0 Å². The van der Waals surface area contributed by atoms with Crippen molar-refractivity contribution in [2.24, 2.45) is 0 Å². The summed E-state index contributed by atoms with van der Waals surface area (Å²) in [7, 11) is 0. The largest absolute Gasteiger partial charge is 0.381 e. The fraction of sp³-hybridized carbons (Fsp3) is 0.125. The fourth-order valence-electron chi connectivity index (χ4n) is 2.00. The highest BCUT2D eigenvalue weighted by Gasteiger charge is 2.03. The average molecular weight is 311 g/mol. The highest BCUT2D eigenvalue weighted by Crippen LogP contribution is 2.30. The third-order valence-electron chi connectivity index (χ3n) is 3.12. The second kappa shape index (κ2) is 6.17. The van der Waals surface area contributed by atoms with Gasteiger partial charge in [-0.25, -0.2) is 4.98 Å². The molecule has 104 valence electrons. The predicted molar refractivity (Wildman–Crippen MR) is 89.9 cm³/mol. The van der Waals surface area contributed by atoms with Gasteiger partial charge in [-0.3, -0.25) is 0 Å². The van der Waals surface area contributed by atoms with Gasteiger partial charge in [0.05, 0.1) is 21.8 Å². The summed E-state index contributed by atoms with van der Waals surface area (Å²) >= 11 is 3.39. The number of fused-ring (bicyclic) bond motifs is 1. The topological polar surface area (TPSA) is 48.7 Å². The number of hydrogen-bond donors (Lipinski definition) is 1. The summed E-state index contributed by atoms with van der Waals surface area (Å²) in [5.41, 5.74) is 3.98. The minimum atomic E-state index is 0.689. The molecule has 3 nitrogen and oxygen atoms in total. The second-order valence-electron chi connectivity index (χ2n) is 4.53. The summed E-state index contributed by atoms with van der Waals surface area (Å²) in [5, 5.41) is 12.2. The van der Waals surface area contributed by atoms with Crippen LogP contribution in [0.5, 0.6) is 0 Å². The number of anilines is 1. The van der Waals surface area contributed by atoms with Gasteiger partial charge in [0.25, 0.3) is 0 Å². The van der Waals surface area contributed by atoms with Gasteiger partial charge in [0.1, 0.15) is 0 Å². The molecule has 0 aliphatic rings. The van der Waals surface area contributed by atoms with E-state index in [2.05, 4.69) is 28.5 Å². The summed E-state index contributed by atoms with van der Waals surface area (Å²) < 4.78 is 2.29. The van der Waals surface area contributed by atoms with Crippen LogP contribution in [0, 0.1) is 11.3 Å². The normalized spacial score (nSPS) is 10.5. The van der Waals surface area contributed by atoms with Gasteiger partial charge >= 0.3 is 0 Å². The zero-order valence-corrected chi connectivity index (χ0v) is 13.1.